The van der Waals surface area contributed by atoms with Crippen LogP contribution in [0.4, 0.5) is 0 Å². The van der Waals surface area contributed by atoms with Gasteiger partial charge in [-0.25, -0.2) is 13.4 Å². The minimum atomic E-state index is -3.59. The van der Waals surface area contributed by atoms with Crippen molar-refractivity contribution in [3.05, 3.63) is 60.0 Å². The zero-order valence-electron chi connectivity index (χ0n) is 19.7. The third kappa shape index (κ3) is 4.82. The van der Waals surface area contributed by atoms with Crippen molar-refractivity contribution in [2.45, 2.75) is 24.2 Å². The Morgan fingerprint density at radius 1 is 1.14 bits per heavy atom. The quantitative estimate of drug-likeness (QED) is 0.390. The molecule has 0 spiro atoms. The summed E-state index contributed by atoms with van der Waals surface area (Å²) in [6, 6.07) is 13.1. The van der Waals surface area contributed by atoms with Gasteiger partial charge < -0.3 is 19.6 Å². The number of nitrogens with zero attached hydrogens (tertiary/aromatic N) is 3. The number of morpholine rings is 1. The van der Waals surface area contributed by atoms with Gasteiger partial charge in [0, 0.05) is 56.6 Å². The van der Waals surface area contributed by atoms with Crippen molar-refractivity contribution < 1.29 is 17.9 Å². The van der Waals surface area contributed by atoms with Crippen LogP contribution in [0, 0.1) is 0 Å². The van der Waals surface area contributed by atoms with Gasteiger partial charge in [0.1, 0.15) is 5.82 Å². The number of H-pyrrole nitrogens is 1. The number of rotatable bonds is 8. The molecule has 1 fully saturated rings. The molecule has 2 aromatic carbocycles. The minimum Gasteiger partial charge on any atom is -0.379 e. The highest BCUT2D eigenvalue weighted by molar-refractivity contribution is 7.89. The molecule has 2 N–H and O–H groups in total. The Balaban J connectivity index is 1.20. The summed E-state index contributed by atoms with van der Waals surface area (Å²) in [6.07, 6.45) is 3.52. The molecule has 10 heteroatoms. The number of hydrogen-bond donors (Lipinski definition) is 2. The second kappa shape index (κ2) is 9.80. The molecule has 35 heavy (non-hydrogen) atoms. The predicted molar refractivity (Wildman–Crippen MR) is 134 cm³/mol. The zero-order valence-corrected chi connectivity index (χ0v) is 20.5. The maximum Gasteiger partial charge on any atom is 0.243 e. The average molecular weight is 496 g/mol. The van der Waals surface area contributed by atoms with Crippen molar-refractivity contribution in [3.8, 4) is 0 Å². The Morgan fingerprint density at radius 3 is 2.77 bits per heavy atom. The summed E-state index contributed by atoms with van der Waals surface area (Å²) in [7, 11) is -1.70. The van der Waals surface area contributed by atoms with E-state index in [0.717, 1.165) is 23.3 Å². The van der Waals surface area contributed by atoms with E-state index in [4.69, 9.17) is 4.74 Å². The van der Waals surface area contributed by atoms with E-state index in [2.05, 4.69) is 21.4 Å². The number of carbonyl (C=O) groups is 1. The summed E-state index contributed by atoms with van der Waals surface area (Å²) in [5, 5.41) is 4.17. The van der Waals surface area contributed by atoms with Crippen LogP contribution in [-0.4, -0.2) is 66.0 Å². The normalized spacial score (nSPS) is 15.1. The van der Waals surface area contributed by atoms with Crippen LogP contribution < -0.4 is 5.32 Å². The van der Waals surface area contributed by atoms with E-state index < -0.39 is 10.0 Å². The fraction of sp³-hybridized carbons (Fsp3) is 0.360. The first-order valence-electron chi connectivity index (χ1n) is 11.8. The SMILES string of the molecule is Cn1c(CCC(=O)NCCc2c[nH]c3ccccc23)nc2cc(S(=O)(=O)N3CCOCC3)ccc21. The van der Waals surface area contributed by atoms with Crippen LogP contribution in [0.3, 0.4) is 0 Å². The van der Waals surface area contributed by atoms with Gasteiger partial charge in [-0.05, 0) is 36.2 Å². The fourth-order valence-electron chi connectivity index (χ4n) is 4.54. The highest BCUT2D eigenvalue weighted by atomic mass is 32.2. The first kappa shape index (κ1) is 23.5. The molecule has 0 atom stereocenters. The summed E-state index contributed by atoms with van der Waals surface area (Å²) in [4.78, 5) is 20.6. The minimum absolute atomic E-state index is 0.0347. The smallest absolute Gasteiger partial charge is 0.243 e. The first-order chi connectivity index (χ1) is 16.9. The fourth-order valence-corrected chi connectivity index (χ4v) is 5.97. The van der Waals surface area contributed by atoms with Gasteiger partial charge in [-0.1, -0.05) is 18.2 Å². The summed E-state index contributed by atoms with van der Waals surface area (Å²) in [5.41, 5.74) is 3.72. The maximum absolute atomic E-state index is 13.0. The van der Waals surface area contributed by atoms with Crippen LogP contribution in [0.25, 0.3) is 21.9 Å². The number of amides is 1. The topological polar surface area (TPSA) is 109 Å². The molecular formula is C25H29N5O4S. The number of sulfonamides is 1. The summed E-state index contributed by atoms with van der Waals surface area (Å²) in [6.45, 7) is 2.07. The van der Waals surface area contributed by atoms with Gasteiger partial charge in [0.05, 0.1) is 29.1 Å². The molecule has 0 aliphatic carbocycles. The summed E-state index contributed by atoms with van der Waals surface area (Å²) < 4.78 is 34.6. The van der Waals surface area contributed by atoms with Crippen molar-refractivity contribution in [1.82, 2.24) is 24.2 Å². The number of aryl methyl sites for hydroxylation is 2. The second-order valence-electron chi connectivity index (χ2n) is 8.71. The van der Waals surface area contributed by atoms with E-state index in [1.54, 1.807) is 18.2 Å². The summed E-state index contributed by atoms with van der Waals surface area (Å²) >= 11 is 0. The van der Waals surface area contributed by atoms with Crippen LogP contribution in [0.1, 0.15) is 17.8 Å². The van der Waals surface area contributed by atoms with Crippen LogP contribution in [0.5, 0.6) is 0 Å². The molecule has 1 aliphatic rings. The predicted octanol–water partition coefficient (Wildman–Crippen LogP) is 2.37. The van der Waals surface area contributed by atoms with Crippen LogP contribution in [0.2, 0.25) is 0 Å². The Bertz CT molecular complexity index is 1470. The molecule has 5 rings (SSSR count). The lowest BCUT2D eigenvalue weighted by Gasteiger charge is -2.26. The van der Waals surface area contributed by atoms with Crippen molar-refractivity contribution in [2.24, 2.45) is 7.05 Å². The van der Waals surface area contributed by atoms with E-state index >= 15 is 0 Å². The highest BCUT2D eigenvalue weighted by Gasteiger charge is 2.27. The maximum atomic E-state index is 13.0. The highest BCUT2D eigenvalue weighted by Crippen LogP contribution is 2.23. The van der Waals surface area contributed by atoms with Gasteiger partial charge in [-0.3, -0.25) is 4.79 Å². The second-order valence-corrected chi connectivity index (χ2v) is 10.7. The number of hydrogen-bond acceptors (Lipinski definition) is 5. The lowest BCUT2D eigenvalue weighted by Crippen LogP contribution is -2.40. The third-order valence-electron chi connectivity index (χ3n) is 6.52. The van der Waals surface area contributed by atoms with E-state index in [9.17, 15) is 13.2 Å². The number of benzene rings is 2. The number of carbonyl (C=O) groups excluding carboxylic acids is 1. The molecule has 184 valence electrons. The number of nitrogens with one attached hydrogen (secondary N) is 2. The Morgan fingerprint density at radius 2 is 1.94 bits per heavy atom. The van der Waals surface area contributed by atoms with E-state index in [1.807, 2.05) is 36.0 Å². The van der Waals surface area contributed by atoms with Gasteiger partial charge in [-0.2, -0.15) is 4.31 Å². The average Bonchev–Trinajstić information content (AvgIpc) is 3.43. The standard InChI is InChI=1S/C25H29N5O4S/c1-29-23-7-6-19(35(32,33)30-12-14-34-15-13-30)16-22(23)28-24(29)8-9-25(31)26-11-10-18-17-27-21-5-3-2-4-20(18)21/h2-7,16-17,27H,8-15H2,1H3,(H,26,31). The Labute approximate surface area is 204 Å². The summed E-state index contributed by atoms with van der Waals surface area (Å²) in [5.74, 6) is 0.709. The first-order valence-corrected chi connectivity index (χ1v) is 13.2. The number of fused-ring (bicyclic) bond motifs is 2. The molecule has 1 aliphatic heterocycles. The third-order valence-corrected chi connectivity index (χ3v) is 8.41. The number of aromatic amines is 1. The monoisotopic (exact) mass is 495 g/mol. The lowest BCUT2D eigenvalue weighted by atomic mass is 10.1. The van der Waals surface area contributed by atoms with Crippen molar-refractivity contribution in [3.63, 3.8) is 0 Å². The molecule has 1 amide bonds. The van der Waals surface area contributed by atoms with Crippen molar-refractivity contribution >= 4 is 37.9 Å². The number of aromatic nitrogens is 3. The molecule has 0 bridgehead atoms. The molecule has 9 nitrogen and oxygen atoms in total. The van der Waals surface area contributed by atoms with Crippen molar-refractivity contribution in [2.75, 3.05) is 32.8 Å². The molecule has 2 aromatic heterocycles. The molecule has 0 radical (unpaired) electrons. The van der Waals surface area contributed by atoms with E-state index in [1.165, 1.54) is 15.3 Å². The number of para-hydroxylation sites is 1. The Hall–Kier alpha value is -3.21. The van der Waals surface area contributed by atoms with Crippen molar-refractivity contribution in [1.29, 1.82) is 0 Å². The van der Waals surface area contributed by atoms with Gasteiger partial charge in [0.25, 0.3) is 0 Å². The Kier molecular flexibility index (Phi) is 6.59. The molecule has 4 aromatic rings. The van der Waals surface area contributed by atoms with Crippen LogP contribution in [-0.2, 0) is 39.4 Å². The van der Waals surface area contributed by atoms with Gasteiger partial charge in [0.2, 0.25) is 15.9 Å². The molecule has 0 unspecified atom stereocenters. The van der Waals surface area contributed by atoms with E-state index in [0.29, 0.717) is 51.2 Å². The number of ether oxygens (including phenoxy) is 1. The molecular weight excluding hydrogens is 466 g/mol. The molecule has 0 saturated carbocycles. The largest absolute Gasteiger partial charge is 0.379 e. The van der Waals surface area contributed by atoms with Gasteiger partial charge in [0.15, 0.2) is 0 Å². The van der Waals surface area contributed by atoms with Crippen LogP contribution in [0.15, 0.2) is 53.6 Å². The van der Waals surface area contributed by atoms with Crippen LogP contribution >= 0.6 is 0 Å². The zero-order chi connectivity index (χ0) is 24.4. The molecule has 1 saturated heterocycles. The van der Waals surface area contributed by atoms with Gasteiger partial charge >= 0.3 is 0 Å². The van der Waals surface area contributed by atoms with E-state index in [-0.39, 0.29) is 10.8 Å². The van der Waals surface area contributed by atoms with Gasteiger partial charge in [-0.15, -0.1) is 0 Å². The number of imidazole rings is 1. The molecule has 3 heterocycles. The lowest BCUT2D eigenvalue weighted by molar-refractivity contribution is -0.121.